The zero-order valence-electron chi connectivity index (χ0n) is 9.90. The molecular weight excluding hydrogens is 210 g/mol. The third-order valence-corrected chi connectivity index (χ3v) is 2.89. The molecule has 1 unspecified atom stereocenters. The van der Waals surface area contributed by atoms with Crippen LogP contribution in [0.4, 0.5) is 0 Å². The molecule has 1 fully saturated rings. The van der Waals surface area contributed by atoms with E-state index in [1.807, 2.05) is 0 Å². The van der Waals surface area contributed by atoms with Crippen molar-refractivity contribution in [2.45, 2.75) is 31.7 Å². The van der Waals surface area contributed by atoms with Crippen LogP contribution < -0.4 is 0 Å². The highest BCUT2D eigenvalue weighted by atomic mass is 16.5. The van der Waals surface area contributed by atoms with Crippen molar-refractivity contribution < 1.29 is 19.1 Å². The average molecular weight is 229 g/mol. The molecule has 1 saturated heterocycles. The first-order valence-corrected chi connectivity index (χ1v) is 5.57. The summed E-state index contributed by atoms with van der Waals surface area (Å²) in [5.74, 6) is -0.371. The highest BCUT2D eigenvalue weighted by Gasteiger charge is 2.30. The molecule has 1 heterocycles. The Bertz CT molecular complexity index is 254. The third kappa shape index (κ3) is 3.48. The molecule has 0 aromatic heterocycles. The van der Waals surface area contributed by atoms with Gasteiger partial charge in [-0.2, -0.15) is 0 Å². The predicted octanol–water partition coefficient (Wildman–Crippen LogP) is 0.577. The number of carbonyl (C=O) groups excluding carboxylic acids is 2. The van der Waals surface area contributed by atoms with Crippen molar-refractivity contribution in [3.8, 4) is 0 Å². The van der Waals surface area contributed by atoms with E-state index in [2.05, 4.69) is 9.64 Å². The fourth-order valence-electron chi connectivity index (χ4n) is 2.03. The maximum atomic E-state index is 11.4. The Morgan fingerprint density at radius 2 is 2.06 bits per heavy atom. The zero-order chi connectivity index (χ0) is 12.0. The molecule has 0 amide bonds. The van der Waals surface area contributed by atoms with Crippen molar-refractivity contribution >= 4 is 11.9 Å². The van der Waals surface area contributed by atoms with Crippen LogP contribution in [0.15, 0.2) is 0 Å². The Morgan fingerprint density at radius 1 is 1.31 bits per heavy atom. The summed E-state index contributed by atoms with van der Waals surface area (Å²) < 4.78 is 9.30. The largest absolute Gasteiger partial charge is 0.469 e. The minimum absolute atomic E-state index is 0.123. The van der Waals surface area contributed by atoms with Crippen LogP contribution in [0.2, 0.25) is 0 Å². The molecule has 0 aromatic rings. The Kier molecular flexibility index (Phi) is 5.25. The van der Waals surface area contributed by atoms with E-state index in [4.69, 9.17) is 4.74 Å². The maximum Gasteiger partial charge on any atom is 0.323 e. The third-order valence-electron chi connectivity index (χ3n) is 2.89. The summed E-state index contributed by atoms with van der Waals surface area (Å²) in [6.07, 6.45) is 2.99. The van der Waals surface area contributed by atoms with Gasteiger partial charge in [0.1, 0.15) is 6.04 Å². The molecule has 0 saturated carbocycles. The molecular formula is C11H19NO4. The molecule has 0 N–H and O–H groups in total. The van der Waals surface area contributed by atoms with Gasteiger partial charge in [-0.15, -0.1) is 0 Å². The van der Waals surface area contributed by atoms with E-state index in [9.17, 15) is 9.59 Å². The lowest BCUT2D eigenvalue weighted by Crippen LogP contribution is -2.37. The van der Waals surface area contributed by atoms with Gasteiger partial charge in [-0.1, -0.05) is 0 Å². The van der Waals surface area contributed by atoms with Gasteiger partial charge in [0, 0.05) is 6.42 Å². The monoisotopic (exact) mass is 229 g/mol. The molecule has 16 heavy (non-hydrogen) atoms. The summed E-state index contributed by atoms with van der Waals surface area (Å²) in [4.78, 5) is 24.4. The Morgan fingerprint density at radius 3 is 2.69 bits per heavy atom. The molecule has 5 heteroatoms. The molecule has 0 aromatic carbocycles. The van der Waals surface area contributed by atoms with Gasteiger partial charge in [-0.05, 0) is 32.4 Å². The zero-order valence-corrected chi connectivity index (χ0v) is 9.90. The topological polar surface area (TPSA) is 55.8 Å². The van der Waals surface area contributed by atoms with Crippen molar-refractivity contribution in [3.63, 3.8) is 0 Å². The summed E-state index contributed by atoms with van der Waals surface area (Å²) in [7, 11) is 2.79. The van der Waals surface area contributed by atoms with E-state index < -0.39 is 0 Å². The number of hydrogen-bond acceptors (Lipinski definition) is 5. The SMILES string of the molecule is COC(=O)CCCN1CCCC1C(=O)OC. The first kappa shape index (κ1) is 13.0. The molecule has 1 rings (SSSR count). The van der Waals surface area contributed by atoms with Gasteiger partial charge in [-0.25, -0.2) is 0 Å². The molecule has 0 spiro atoms. The van der Waals surface area contributed by atoms with E-state index in [1.54, 1.807) is 0 Å². The molecule has 92 valence electrons. The lowest BCUT2D eigenvalue weighted by molar-refractivity contribution is -0.145. The number of carbonyl (C=O) groups is 2. The van der Waals surface area contributed by atoms with Gasteiger partial charge in [0.2, 0.25) is 0 Å². The van der Waals surface area contributed by atoms with Crippen LogP contribution in [0.3, 0.4) is 0 Å². The fourth-order valence-corrected chi connectivity index (χ4v) is 2.03. The number of ether oxygens (including phenoxy) is 2. The Labute approximate surface area is 95.7 Å². The maximum absolute atomic E-state index is 11.4. The number of esters is 2. The first-order chi connectivity index (χ1) is 7.69. The quantitative estimate of drug-likeness (QED) is 0.645. The summed E-state index contributed by atoms with van der Waals surface area (Å²) >= 11 is 0. The van der Waals surface area contributed by atoms with Gasteiger partial charge >= 0.3 is 11.9 Å². The molecule has 0 radical (unpaired) electrons. The minimum atomic E-state index is -0.200. The van der Waals surface area contributed by atoms with Crippen molar-refractivity contribution in [3.05, 3.63) is 0 Å². The molecule has 0 aliphatic carbocycles. The van der Waals surface area contributed by atoms with Gasteiger partial charge in [-0.3, -0.25) is 14.5 Å². The molecule has 1 aliphatic heterocycles. The smallest absolute Gasteiger partial charge is 0.323 e. The lowest BCUT2D eigenvalue weighted by atomic mass is 10.2. The van der Waals surface area contributed by atoms with Crippen LogP contribution in [0.25, 0.3) is 0 Å². The second-order valence-electron chi connectivity index (χ2n) is 3.90. The predicted molar refractivity (Wildman–Crippen MR) is 57.9 cm³/mol. The number of likely N-dealkylation sites (tertiary alicyclic amines) is 1. The summed E-state index contributed by atoms with van der Waals surface area (Å²) in [6.45, 7) is 1.65. The standard InChI is InChI=1S/C11H19NO4/c1-15-10(13)6-4-8-12-7-3-5-9(12)11(14)16-2/h9H,3-8H2,1-2H3. The lowest BCUT2D eigenvalue weighted by Gasteiger charge is -2.21. The van der Waals surface area contributed by atoms with Crippen LogP contribution in [0, 0.1) is 0 Å². The van der Waals surface area contributed by atoms with Crippen molar-refractivity contribution in [2.24, 2.45) is 0 Å². The molecule has 1 atom stereocenters. The number of rotatable bonds is 5. The Hall–Kier alpha value is -1.10. The summed E-state index contributed by atoms with van der Waals surface area (Å²) in [5, 5.41) is 0. The Balaban J connectivity index is 2.30. The van der Waals surface area contributed by atoms with Crippen LogP contribution in [0.5, 0.6) is 0 Å². The van der Waals surface area contributed by atoms with E-state index in [-0.39, 0.29) is 18.0 Å². The molecule has 5 nitrogen and oxygen atoms in total. The summed E-state index contributed by atoms with van der Waals surface area (Å²) in [6, 6.07) is -0.123. The van der Waals surface area contributed by atoms with E-state index in [1.165, 1.54) is 14.2 Å². The van der Waals surface area contributed by atoms with Gasteiger partial charge in [0.05, 0.1) is 14.2 Å². The number of hydrogen-bond donors (Lipinski definition) is 0. The van der Waals surface area contributed by atoms with E-state index in [0.717, 1.165) is 32.4 Å². The van der Waals surface area contributed by atoms with Gasteiger partial charge < -0.3 is 9.47 Å². The highest BCUT2D eigenvalue weighted by molar-refractivity contribution is 5.76. The molecule has 1 aliphatic rings. The van der Waals surface area contributed by atoms with Gasteiger partial charge in [0.25, 0.3) is 0 Å². The second-order valence-corrected chi connectivity index (χ2v) is 3.90. The second kappa shape index (κ2) is 6.48. The average Bonchev–Trinajstić information content (AvgIpc) is 2.76. The molecule has 0 bridgehead atoms. The van der Waals surface area contributed by atoms with Crippen molar-refractivity contribution in [1.82, 2.24) is 4.90 Å². The van der Waals surface area contributed by atoms with E-state index >= 15 is 0 Å². The van der Waals surface area contributed by atoms with Crippen molar-refractivity contribution in [1.29, 1.82) is 0 Å². The normalized spacial score (nSPS) is 20.8. The van der Waals surface area contributed by atoms with Crippen LogP contribution in [-0.4, -0.2) is 50.2 Å². The summed E-state index contributed by atoms with van der Waals surface area (Å²) in [5.41, 5.74) is 0. The number of methoxy groups -OCH3 is 2. The van der Waals surface area contributed by atoms with Crippen LogP contribution >= 0.6 is 0 Å². The first-order valence-electron chi connectivity index (χ1n) is 5.57. The van der Waals surface area contributed by atoms with E-state index in [0.29, 0.717) is 6.42 Å². The van der Waals surface area contributed by atoms with Crippen LogP contribution in [0.1, 0.15) is 25.7 Å². The van der Waals surface area contributed by atoms with Crippen molar-refractivity contribution in [2.75, 3.05) is 27.3 Å². The van der Waals surface area contributed by atoms with Gasteiger partial charge in [0.15, 0.2) is 0 Å². The fraction of sp³-hybridized carbons (Fsp3) is 0.818. The van der Waals surface area contributed by atoms with Crippen LogP contribution in [-0.2, 0) is 19.1 Å². The highest BCUT2D eigenvalue weighted by Crippen LogP contribution is 2.18. The number of nitrogens with zero attached hydrogens (tertiary/aromatic N) is 1. The minimum Gasteiger partial charge on any atom is -0.469 e.